The molecule has 2 heteroatoms. The minimum atomic E-state index is -0.935. The second-order valence-corrected chi connectivity index (χ2v) is 4.63. The maximum Gasteiger partial charge on any atom is 0.330 e. The molecule has 0 amide bonds. The molecule has 3 rings (SSSR count). The number of aliphatic carboxylic acids is 1. The Morgan fingerprint density at radius 3 is 1.30 bits per heavy atom. The van der Waals surface area contributed by atoms with Crippen LogP contribution in [0.3, 0.4) is 0 Å². The minimum Gasteiger partial charge on any atom is -0.478 e. The molecule has 20 heavy (non-hydrogen) atoms. The molecule has 0 aliphatic rings. The van der Waals surface area contributed by atoms with Crippen molar-refractivity contribution in [3.05, 3.63) is 72.8 Å². The number of rotatable bonds is 1. The Morgan fingerprint density at radius 2 is 1.10 bits per heavy atom. The molecule has 1 N–H and O–H groups in total. The van der Waals surface area contributed by atoms with Gasteiger partial charge in [-0.05, 0) is 40.6 Å². The van der Waals surface area contributed by atoms with Crippen molar-refractivity contribution in [2.45, 2.75) is 6.92 Å². The molecule has 0 fully saturated rings. The van der Waals surface area contributed by atoms with Gasteiger partial charge in [0.25, 0.3) is 0 Å². The number of fused-ring (bicyclic) bond motifs is 2. The van der Waals surface area contributed by atoms with Gasteiger partial charge in [-0.15, -0.1) is 0 Å². The van der Waals surface area contributed by atoms with E-state index in [1.807, 2.05) is 0 Å². The van der Waals surface area contributed by atoms with Gasteiger partial charge in [-0.25, -0.2) is 4.79 Å². The summed E-state index contributed by atoms with van der Waals surface area (Å²) in [5.74, 6) is -0.935. The van der Waals surface area contributed by atoms with Gasteiger partial charge in [-0.3, -0.25) is 0 Å². The van der Waals surface area contributed by atoms with Crippen molar-refractivity contribution in [2.75, 3.05) is 0 Å². The third kappa shape index (κ3) is 3.23. The van der Waals surface area contributed by atoms with Crippen LogP contribution in [0.25, 0.3) is 21.5 Å². The molecule has 0 atom stereocenters. The fraction of sp³-hybridized carbons (Fsp3) is 0.0556. The highest BCUT2D eigenvalue weighted by Crippen LogP contribution is 2.21. The molecule has 0 aliphatic carbocycles. The van der Waals surface area contributed by atoms with Crippen LogP contribution in [0.1, 0.15) is 6.92 Å². The van der Waals surface area contributed by atoms with Crippen LogP contribution in [0.2, 0.25) is 0 Å². The fourth-order valence-electron chi connectivity index (χ4n) is 1.88. The van der Waals surface area contributed by atoms with Crippen LogP contribution in [0.15, 0.2) is 72.8 Å². The van der Waals surface area contributed by atoms with E-state index < -0.39 is 5.97 Å². The lowest BCUT2D eigenvalue weighted by Crippen LogP contribution is -1.92. The monoisotopic (exact) mass is 264 g/mol. The molecule has 0 aromatic heterocycles. The van der Waals surface area contributed by atoms with Crippen LogP contribution in [-0.2, 0) is 4.79 Å². The summed E-state index contributed by atoms with van der Waals surface area (Å²) in [6, 6.07) is 21.4. The maximum absolute atomic E-state index is 9.60. The number of carbonyl (C=O) groups is 1. The van der Waals surface area contributed by atoms with Crippen molar-refractivity contribution < 1.29 is 9.90 Å². The lowest BCUT2D eigenvalue weighted by Gasteiger charge is -2.00. The van der Waals surface area contributed by atoms with Crippen molar-refractivity contribution in [1.82, 2.24) is 0 Å². The first-order valence-corrected chi connectivity index (χ1v) is 6.34. The Kier molecular flexibility index (Phi) is 4.16. The molecule has 0 saturated carbocycles. The van der Waals surface area contributed by atoms with Crippen LogP contribution in [0.5, 0.6) is 0 Å². The van der Waals surface area contributed by atoms with Crippen LogP contribution < -0.4 is 0 Å². The number of hydrogen-bond acceptors (Lipinski definition) is 1. The zero-order chi connectivity index (χ0) is 14.5. The van der Waals surface area contributed by atoms with Gasteiger partial charge in [0.15, 0.2) is 0 Å². The minimum absolute atomic E-state index is 0.176. The Bertz CT molecular complexity index is 655. The van der Waals surface area contributed by atoms with E-state index in [2.05, 4.69) is 67.2 Å². The topological polar surface area (TPSA) is 37.3 Å². The van der Waals surface area contributed by atoms with Crippen LogP contribution in [-0.4, -0.2) is 11.1 Å². The molecule has 2 nitrogen and oxygen atoms in total. The van der Waals surface area contributed by atoms with Gasteiger partial charge in [-0.2, -0.15) is 0 Å². The largest absolute Gasteiger partial charge is 0.478 e. The predicted molar refractivity (Wildman–Crippen MR) is 83.9 cm³/mol. The number of carboxylic acids is 1. The Hall–Kier alpha value is -2.61. The maximum atomic E-state index is 9.60. The summed E-state index contributed by atoms with van der Waals surface area (Å²) < 4.78 is 0. The van der Waals surface area contributed by atoms with E-state index in [0.29, 0.717) is 0 Å². The van der Waals surface area contributed by atoms with Gasteiger partial charge >= 0.3 is 5.97 Å². The van der Waals surface area contributed by atoms with Gasteiger partial charge in [0.05, 0.1) is 0 Å². The van der Waals surface area contributed by atoms with Crippen molar-refractivity contribution in [3.8, 4) is 0 Å². The SMILES string of the molecule is C=C(C)C(=O)O.c1ccc2cc3ccccc3cc2c1. The van der Waals surface area contributed by atoms with Gasteiger partial charge in [-0.1, -0.05) is 55.1 Å². The molecule has 0 spiro atoms. The van der Waals surface area contributed by atoms with Crippen molar-refractivity contribution in [2.24, 2.45) is 0 Å². The molecule has 0 saturated heterocycles. The summed E-state index contributed by atoms with van der Waals surface area (Å²) >= 11 is 0. The fourth-order valence-corrected chi connectivity index (χ4v) is 1.88. The normalized spacial score (nSPS) is 9.85. The summed E-state index contributed by atoms with van der Waals surface area (Å²) in [5, 5.41) is 13.1. The standard InChI is InChI=1S/C14H10.C4H6O2/c1-2-6-12-10-14-8-4-3-7-13(14)9-11(12)5-1;1-3(2)4(5)6/h1-10H;1H2,2H3,(H,5,6). The second-order valence-electron chi connectivity index (χ2n) is 4.63. The second kappa shape index (κ2) is 6.02. The summed E-state index contributed by atoms with van der Waals surface area (Å²) in [6.45, 7) is 4.60. The molecule has 0 heterocycles. The van der Waals surface area contributed by atoms with Crippen LogP contribution in [0, 0.1) is 0 Å². The Labute approximate surface area is 118 Å². The Morgan fingerprint density at radius 1 is 0.850 bits per heavy atom. The van der Waals surface area contributed by atoms with E-state index in [1.165, 1.54) is 28.5 Å². The molecule has 0 bridgehead atoms. The first-order valence-electron chi connectivity index (χ1n) is 6.34. The molecular weight excluding hydrogens is 248 g/mol. The van der Waals surface area contributed by atoms with Crippen molar-refractivity contribution in [1.29, 1.82) is 0 Å². The van der Waals surface area contributed by atoms with Crippen LogP contribution in [0.4, 0.5) is 0 Å². The van der Waals surface area contributed by atoms with Gasteiger partial charge in [0, 0.05) is 5.57 Å². The average molecular weight is 264 g/mol. The highest BCUT2D eigenvalue weighted by Gasteiger charge is 1.95. The van der Waals surface area contributed by atoms with E-state index in [4.69, 9.17) is 5.11 Å². The summed E-state index contributed by atoms with van der Waals surface area (Å²) in [7, 11) is 0. The van der Waals surface area contributed by atoms with Crippen molar-refractivity contribution in [3.63, 3.8) is 0 Å². The molecule has 0 unspecified atom stereocenters. The summed E-state index contributed by atoms with van der Waals surface area (Å²) in [4.78, 5) is 9.60. The van der Waals surface area contributed by atoms with E-state index >= 15 is 0 Å². The summed E-state index contributed by atoms with van der Waals surface area (Å²) in [6.07, 6.45) is 0. The molecular formula is C18H16O2. The highest BCUT2D eigenvalue weighted by molar-refractivity contribution is 5.98. The highest BCUT2D eigenvalue weighted by atomic mass is 16.4. The van der Waals surface area contributed by atoms with E-state index in [0.717, 1.165) is 0 Å². The third-order valence-electron chi connectivity index (χ3n) is 2.98. The van der Waals surface area contributed by atoms with E-state index in [9.17, 15) is 4.79 Å². The predicted octanol–water partition coefficient (Wildman–Crippen LogP) is 4.64. The zero-order valence-corrected chi connectivity index (χ0v) is 11.3. The smallest absolute Gasteiger partial charge is 0.330 e. The number of benzene rings is 3. The lowest BCUT2D eigenvalue weighted by molar-refractivity contribution is -0.132. The summed E-state index contributed by atoms with van der Waals surface area (Å²) in [5.41, 5.74) is 0.176. The van der Waals surface area contributed by atoms with Crippen LogP contribution >= 0.6 is 0 Å². The molecule has 0 radical (unpaired) electrons. The number of carboxylic acid groups (broad SMARTS) is 1. The van der Waals surface area contributed by atoms with Gasteiger partial charge in [0.1, 0.15) is 0 Å². The quantitative estimate of drug-likeness (QED) is 0.513. The van der Waals surface area contributed by atoms with Crippen molar-refractivity contribution >= 4 is 27.5 Å². The number of hydrogen-bond donors (Lipinski definition) is 1. The lowest BCUT2D eigenvalue weighted by atomic mass is 10.0. The van der Waals surface area contributed by atoms with Gasteiger partial charge in [0.2, 0.25) is 0 Å². The van der Waals surface area contributed by atoms with E-state index in [-0.39, 0.29) is 5.57 Å². The molecule has 3 aromatic rings. The molecule has 100 valence electrons. The first-order chi connectivity index (χ1) is 9.58. The Balaban J connectivity index is 0.000000212. The molecule has 0 aliphatic heterocycles. The molecule has 3 aromatic carbocycles. The zero-order valence-electron chi connectivity index (χ0n) is 11.3. The van der Waals surface area contributed by atoms with Gasteiger partial charge < -0.3 is 5.11 Å². The average Bonchev–Trinajstić information content (AvgIpc) is 2.45. The van der Waals surface area contributed by atoms with E-state index in [1.54, 1.807) is 0 Å². The third-order valence-corrected chi connectivity index (χ3v) is 2.98. The first kappa shape index (κ1) is 13.8.